The van der Waals surface area contributed by atoms with Crippen LogP contribution in [0.1, 0.15) is 15.9 Å². The zero-order chi connectivity index (χ0) is 29.1. The molecule has 1 fully saturated rings. The summed E-state index contributed by atoms with van der Waals surface area (Å²) in [5.74, 6) is -0.294. The van der Waals surface area contributed by atoms with E-state index in [0.717, 1.165) is 23.8 Å². The predicted molar refractivity (Wildman–Crippen MR) is 149 cm³/mol. The molecule has 0 spiro atoms. The minimum absolute atomic E-state index is 0. The highest BCUT2D eigenvalue weighted by Crippen LogP contribution is 2.27. The van der Waals surface area contributed by atoms with Crippen molar-refractivity contribution in [3.63, 3.8) is 0 Å². The largest absolute Gasteiger partial charge is 0.338 e. The van der Waals surface area contributed by atoms with E-state index in [4.69, 9.17) is 10.5 Å². The maximum absolute atomic E-state index is 13.2. The van der Waals surface area contributed by atoms with Crippen LogP contribution in [0.15, 0.2) is 65.8 Å². The Morgan fingerprint density at radius 1 is 1.05 bits per heavy atom. The van der Waals surface area contributed by atoms with Gasteiger partial charge in [-0.25, -0.2) is 23.9 Å². The fraction of sp³-hybridized carbons (Fsp3) is 0.269. The van der Waals surface area contributed by atoms with Gasteiger partial charge in [0.25, 0.3) is 5.91 Å². The zero-order valence-electron chi connectivity index (χ0n) is 22.7. The smallest absolute Gasteiger partial charge is 0.277 e. The van der Waals surface area contributed by atoms with Crippen LogP contribution >= 0.6 is 0 Å². The van der Waals surface area contributed by atoms with Crippen LogP contribution in [0.4, 0.5) is 19.7 Å². The lowest BCUT2D eigenvalue weighted by Gasteiger charge is -2.34. The van der Waals surface area contributed by atoms with Crippen molar-refractivity contribution in [2.75, 3.05) is 45.2 Å². The number of halogens is 3. The van der Waals surface area contributed by atoms with Crippen molar-refractivity contribution in [3.8, 4) is 23.4 Å². The molecule has 0 aliphatic carbocycles. The number of nitrogens with zero attached hydrogens (tertiary/aromatic N) is 5. The maximum Gasteiger partial charge on any atom is 0.277 e. The second kappa shape index (κ2) is 16.9. The summed E-state index contributed by atoms with van der Waals surface area (Å²) in [5.41, 5.74) is 4.90. The van der Waals surface area contributed by atoms with Crippen molar-refractivity contribution in [3.05, 3.63) is 72.1 Å². The highest BCUT2D eigenvalue weighted by atomic mass is 32.2. The fourth-order valence-corrected chi connectivity index (χ4v) is 5.47. The van der Waals surface area contributed by atoms with Crippen LogP contribution in [-0.2, 0) is 21.5 Å². The van der Waals surface area contributed by atoms with E-state index in [1.54, 1.807) is 12.1 Å². The first-order valence-electron chi connectivity index (χ1n) is 12.0. The van der Waals surface area contributed by atoms with Gasteiger partial charge in [-0.15, -0.1) is 4.39 Å². The number of nitrogens with one attached hydrogen (secondary N) is 1. The highest BCUT2D eigenvalue weighted by molar-refractivity contribution is 7.89. The third-order valence-corrected chi connectivity index (χ3v) is 7.83. The van der Waals surface area contributed by atoms with E-state index in [2.05, 4.69) is 25.8 Å². The molecular weight excluding hydrogens is 581 g/mol. The Morgan fingerprint density at radius 2 is 1.64 bits per heavy atom. The summed E-state index contributed by atoms with van der Waals surface area (Å²) in [6, 6.07) is 15.2. The van der Waals surface area contributed by atoms with E-state index in [1.165, 1.54) is 33.8 Å². The molecule has 1 aliphatic rings. The molecule has 1 amide bonds. The minimum Gasteiger partial charge on any atom is -0.338 e. The second-order valence-corrected chi connectivity index (χ2v) is 10.7. The average Bonchev–Trinajstić information content (AvgIpc) is 2.98. The van der Waals surface area contributed by atoms with Crippen molar-refractivity contribution in [1.29, 1.82) is 0 Å². The van der Waals surface area contributed by atoms with Gasteiger partial charge in [-0.2, -0.15) is 9.56 Å². The first-order valence-corrected chi connectivity index (χ1v) is 13.4. The summed E-state index contributed by atoms with van der Waals surface area (Å²) < 4.78 is 38.3. The van der Waals surface area contributed by atoms with Gasteiger partial charge in [0.2, 0.25) is 16.0 Å². The molecule has 16 heteroatoms. The van der Waals surface area contributed by atoms with E-state index in [-0.39, 0.29) is 33.0 Å². The predicted octanol–water partition coefficient (Wildman–Crippen LogP) is 2.50. The number of benzene rings is 2. The number of amides is 1. The van der Waals surface area contributed by atoms with Gasteiger partial charge in [0.15, 0.2) is 12.3 Å². The minimum atomic E-state index is -3.64. The van der Waals surface area contributed by atoms with E-state index < -0.39 is 15.9 Å². The van der Waals surface area contributed by atoms with Gasteiger partial charge in [-0.05, 0) is 42.9 Å². The highest BCUT2D eigenvalue weighted by Gasteiger charge is 2.29. The monoisotopic (exact) mass is 612 g/mol. The molecule has 42 heavy (non-hydrogen) atoms. The quantitative estimate of drug-likeness (QED) is 0.157. The standard InChI is InChI=1S/C24H28N6O4S.C2HFO2.2FH/c1-28(2)17-19-5-3-4-6-22(19)18-7-9-21(10-8-18)35(33,34)30-13-11-29(12-14-30)24-25-15-20(16-26-24)23(31)27-32;3-1-2-5-4;;/h3-10,15-16,32H,11-14,17H2,1-2H3,(H,27,31);4H;2*1H. The SMILES string of the molecule is CN(C)Cc1ccccc1-c1ccc(S(=O)(=O)N2CCN(c3ncc(C(=O)NO)cn3)CC2)cc1.F.F.OOC#CF. The molecule has 3 N–H and O–H groups in total. The lowest BCUT2D eigenvalue weighted by atomic mass is 9.99. The number of aromatic nitrogens is 2. The normalized spacial score (nSPS) is 12.9. The molecule has 0 saturated carbocycles. The summed E-state index contributed by atoms with van der Waals surface area (Å²) in [4.78, 5) is 26.9. The van der Waals surface area contributed by atoms with E-state index >= 15 is 0 Å². The molecule has 1 aromatic heterocycles. The number of hydroxylamine groups is 1. The van der Waals surface area contributed by atoms with Crippen molar-refractivity contribution in [2.24, 2.45) is 0 Å². The molecule has 0 bridgehead atoms. The van der Waals surface area contributed by atoms with E-state index in [0.29, 0.717) is 19.0 Å². The third-order valence-electron chi connectivity index (χ3n) is 5.91. The number of piperazine rings is 1. The average molecular weight is 613 g/mol. The van der Waals surface area contributed by atoms with Crippen LogP contribution in [0.25, 0.3) is 11.1 Å². The Labute approximate surface area is 241 Å². The zero-order valence-corrected chi connectivity index (χ0v) is 23.5. The van der Waals surface area contributed by atoms with Gasteiger partial charge < -0.3 is 9.80 Å². The molecule has 2 heterocycles. The first-order chi connectivity index (χ1) is 19.2. The number of rotatable bonds is 7. The molecule has 0 atom stereocenters. The number of carbonyl (C=O) groups is 1. The Kier molecular flexibility index (Phi) is 14.4. The van der Waals surface area contributed by atoms with Crippen LogP contribution in [-0.4, -0.2) is 84.2 Å². The summed E-state index contributed by atoms with van der Waals surface area (Å²) in [7, 11) is 0.394. The van der Waals surface area contributed by atoms with Gasteiger partial charge in [-0.3, -0.25) is 24.3 Å². The van der Waals surface area contributed by atoms with E-state index in [1.807, 2.05) is 49.3 Å². The topological polar surface area (TPSA) is 148 Å². The van der Waals surface area contributed by atoms with Gasteiger partial charge in [-0.1, -0.05) is 36.4 Å². The van der Waals surface area contributed by atoms with Crippen LogP contribution in [0.2, 0.25) is 0 Å². The van der Waals surface area contributed by atoms with Crippen LogP contribution in [0.3, 0.4) is 0 Å². The Bertz CT molecular complexity index is 1440. The first kappa shape index (κ1) is 35.8. The second-order valence-electron chi connectivity index (χ2n) is 8.81. The molecular formula is C26H31F3N6O6S. The molecule has 0 radical (unpaired) electrons. The van der Waals surface area contributed by atoms with Gasteiger partial charge in [0.1, 0.15) is 0 Å². The maximum atomic E-state index is 13.2. The fourth-order valence-electron chi connectivity index (χ4n) is 4.05. The van der Waals surface area contributed by atoms with Crippen molar-refractivity contribution in [1.82, 2.24) is 24.7 Å². The van der Waals surface area contributed by atoms with Crippen molar-refractivity contribution < 1.29 is 42.4 Å². The lowest BCUT2D eigenvalue weighted by Crippen LogP contribution is -2.49. The number of sulfonamides is 1. The van der Waals surface area contributed by atoms with Crippen molar-refractivity contribution >= 4 is 21.9 Å². The van der Waals surface area contributed by atoms with Crippen LogP contribution < -0.4 is 10.4 Å². The Morgan fingerprint density at radius 3 is 2.14 bits per heavy atom. The molecule has 12 nitrogen and oxygen atoms in total. The van der Waals surface area contributed by atoms with Gasteiger partial charge in [0, 0.05) is 45.1 Å². The van der Waals surface area contributed by atoms with Crippen molar-refractivity contribution in [2.45, 2.75) is 11.4 Å². The Balaban J connectivity index is 0.00000116. The Hall–Kier alpha value is -4.27. The number of anilines is 1. The third kappa shape index (κ3) is 9.12. The molecule has 2 aromatic carbocycles. The molecule has 1 aliphatic heterocycles. The number of hydrogen-bond donors (Lipinski definition) is 3. The molecule has 1 saturated heterocycles. The summed E-state index contributed by atoms with van der Waals surface area (Å²) in [6.07, 6.45) is 4.67. The summed E-state index contributed by atoms with van der Waals surface area (Å²) in [5, 5.41) is 15.8. The molecule has 228 valence electrons. The van der Waals surface area contributed by atoms with Gasteiger partial charge in [0.05, 0.1) is 10.5 Å². The summed E-state index contributed by atoms with van der Waals surface area (Å²) in [6.45, 7) is 2.21. The van der Waals surface area contributed by atoms with E-state index in [9.17, 15) is 17.6 Å². The van der Waals surface area contributed by atoms with Crippen LogP contribution in [0.5, 0.6) is 0 Å². The lowest BCUT2D eigenvalue weighted by molar-refractivity contribution is -0.172. The molecule has 0 unspecified atom stereocenters. The number of carbonyl (C=O) groups excluding carboxylic acids is 1. The molecule has 4 rings (SSSR count). The summed E-state index contributed by atoms with van der Waals surface area (Å²) >= 11 is 0. The van der Waals surface area contributed by atoms with Gasteiger partial charge >= 0.3 is 0 Å². The molecule has 3 aromatic rings. The van der Waals surface area contributed by atoms with Crippen LogP contribution in [0, 0.1) is 12.3 Å². The number of hydrogen-bond acceptors (Lipinski definition) is 10.